The van der Waals surface area contributed by atoms with Gasteiger partial charge >= 0.3 is 19.8 Å². The van der Waals surface area contributed by atoms with Crippen LogP contribution in [0.1, 0.15) is 155 Å². The molecular weight excluding hydrogens is 762 g/mol. The smallest absolute Gasteiger partial charge is 0.462 e. The normalized spacial score (nSPS) is 14.3. The van der Waals surface area contributed by atoms with Crippen LogP contribution in [0.3, 0.4) is 0 Å². The van der Waals surface area contributed by atoms with Gasteiger partial charge in [-0.2, -0.15) is 0 Å². The maximum Gasteiger partial charge on any atom is 0.472 e. The minimum atomic E-state index is -4.39. The Morgan fingerprint density at radius 2 is 0.932 bits per heavy atom. The van der Waals surface area contributed by atoms with Crippen LogP contribution in [0.25, 0.3) is 0 Å². The molecule has 2 unspecified atom stereocenters. The van der Waals surface area contributed by atoms with Crippen LogP contribution in [0.4, 0.5) is 0 Å². The average molecular weight is 844 g/mol. The van der Waals surface area contributed by atoms with Crippen LogP contribution in [-0.2, 0) is 32.7 Å². The Balaban J connectivity index is 4.45. The number of rotatable bonds is 40. The lowest BCUT2D eigenvalue weighted by atomic mass is 10.1. The van der Waals surface area contributed by atoms with E-state index in [0.717, 1.165) is 57.8 Å². The van der Waals surface area contributed by atoms with Gasteiger partial charge in [0.15, 0.2) is 6.10 Å². The fourth-order valence-electron chi connectivity index (χ4n) is 5.37. The standard InChI is InChI=1S/C49H82NO8P/c1-5-7-9-11-13-15-17-19-21-23-24-26-27-29-31-33-35-37-39-41-48(51)55-45-47(46-57-59(53,54)56-44-43-50(3)4)58-49(52)42-40-38-36-34-32-30-28-25-22-20-18-16-14-12-10-8-6-2/h13-16,19-22,24,26,28-31,34,36,47H,5-12,17-18,23,25,27,32-33,35,37-46H2,1-4H3,(H,53,54)/b15-13-,16-14-,21-19-,22-20-,26-24-,30-28-,31-29-,36-34-. The number of hydrogen-bond acceptors (Lipinski definition) is 8. The van der Waals surface area contributed by atoms with Crippen molar-refractivity contribution in [1.29, 1.82) is 0 Å². The van der Waals surface area contributed by atoms with E-state index in [-0.39, 0.29) is 26.1 Å². The Hall–Kier alpha value is -3.07. The van der Waals surface area contributed by atoms with Crippen LogP contribution >= 0.6 is 7.82 Å². The lowest BCUT2D eigenvalue weighted by Crippen LogP contribution is -2.29. The molecule has 0 rings (SSSR count). The van der Waals surface area contributed by atoms with Crippen molar-refractivity contribution in [1.82, 2.24) is 4.90 Å². The number of phosphoric ester groups is 1. The number of likely N-dealkylation sites (N-methyl/N-ethyl adjacent to an activating group) is 1. The van der Waals surface area contributed by atoms with Gasteiger partial charge in [-0.3, -0.25) is 18.6 Å². The van der Waals surface area contributed by atoms with Gasteiger partial charge in [-0.05, 0) is 110 Å². The molecule has 59 heavy (non-hydrogen) atoms. The molecule has 0 amide bonds. The summed E-state index contributed by atoms with van der Waals surface area (Å²) in [6.45, 7) is 4.14. The number of phosphoric acid groups is 1. The third kappa shape index (κ3) is 44.3. The Morgan fingerprint density at radius 1 is 0.525 bits per heavy atom. The number of esters is 2. The number of allylic oxidation sites excluding steroid dienone is 16. The molecule has 0 aliphatic carbocycles. The first kappa shape index (κ1) is 55.9. The van der Waals surface area contributed by atoms with E-state index in [1.807, 2.05) is 20.2 Å². The number of carbonyl (C=O) groups excluding carboxylic acids is 2. The molecule has 0 aliphatic rings. The van der Waals surface area contributed by atoms with E-state index in [9.17, 15) is 19.0 Å². The molecule has 0 heterocycles. The monoisotopic (exact) mass is 844 g/mol. The third-order valence-electron chi connectivity index (χ3n) is 8.86. The van der Waals surface area contributed by atoms with Gasteiger partial charge in [-0.1, -0.05) is 143 Å². The number of nitrogens with zero attached hydrogens (tertiary/aromatic N) is 1. The highest BCUT2D eigenvalue weighted by molar-refractivity contribution is 7.47. The van der Waals surface area contributed by atoms with Crippen LogP contribution in [0, 0.1) is 0 Å². The van der Waals surface area contributed by atoms with Crippen LogP contribution in [0.15, 0.2) is 97.2 Å². The summed E-state index contributed by atoms with van der Waals surface area (Å²) in [7, 11) is -0.768. The molecule has 0 aromatic rings. The van der Waals surface area contributed by atoms with Crippen molar-refractivity contribution >= 4 is 19.8 Å². The average Bonchev–Trinajstić information content (AvgIpc) is 3.20. The highest BCUT2D eigenvalue weighted by atomic mass is 31.2. The van der Waals surface area contributed by atoms with E-state index in [4.69, 9.17) is 18.5 Å². The number of ether oxygens (including phenoxy) is 2. The quantitative estimate of drug-likeness (QED) is 0.0279. The van der Waals surface area contributed by atoms with E-state index >= 15 is 0 Å². The topological polar surface area (TPSA) is 112 Å². The van der Waals surface area contributed by atoms with E-state index in [2.05, 4.69) is 105 Å². The first-order valence-electron chi connectivity index (χ1n) is 22.5. The summed E-state index contributed by atoms with van der Waals surface area (Å²) in [5.41, 5.74) is 0. The van der Waals surface area contributed by atoms with Gasteiger partial charge in [0.1, 0.15) is 6.61 Å². The summed E-state index contributed by atoms with van der Waals surface area (Å²) in [5.74, 6) is -0.914. The minimum absolute atomic E-state index is 0.0138. The van der Waals surface area contributed by atoms with Gasteiger partial charge in [-0.15, -0.1) is 0 Å². The SMILES string of the molecule is CCCCC/C=C\C/C=C\C/C=C\C/C=C\CCCCCC(=O)OCC(COP(=O)(O)OCCN(C)C)OC(=O)CCC/C=C\C/C=C\C/C=C\C/C=C\CCCCC. The summed E-state index contributed by atoms with van der Waals surface area (Å²) in [6, 6.07) is 0. The van der Waals surface area contributed by atoms with Gasteiger partial charge in [0, 0.05) is 19.4 Å². The molecule has 0 aromatic carbocycles. The second kappa shape index (κ2) is 43.0. The van der Waals surface area contributed by atoms with Crippen molar-refractivity contribution in [3.05, 3.63) is 97.2 Å². The molecule has 0 aromatic heterocycles. The molecule has 0 spiro atoms. The largest absolute Gasteiger partial charge is 0.472 e. The molecule has 336 valence electrons. The first-order chi connectivity index (χ1) is 28.7. The summed E-state index contributed by atoms with van der Waals surface area (Å²) in [6.07, 6.45) is 54.6. The van der Waals surface area contributed by atoms with Gasteiger partial charge in [-0.25, -0.2) is 4.57 Å². The molecule has 0 saturated heterocycles. The Labute approximate surface area is 360 Å². The molecule has 9 nitrogen and oxygen atoms in total. The zero-order chi connectivity index (χ0) is 43.3. The van der Waals surface area contributed by atoms with Crippen LogP contribution < -0.4 is 0 Å². The predicted molar refractivity (Wildman–Crippen MR) is 247 cm³/mol. The van der Waals surface area contributed by atoms with Gasteiger partial charge < -0.3 is 19.3 Å². The van der Waals surface area contributed by atoms with E-state index in [1.54, 1.807) is 4.90 Å². The lowest BCUT2D eigenvalue weighted by molar-refractivity contribution is -0.161. The summed E-state index contributed by atoms with van der Waals surface area (Å²) >= 11 is 0. The number of hydrogen-bond donors (Lipinski definition) is 1. The third-order valence-corrected chi connectivity index (χ3v) is 9.85. The van der Waals surface area contributed by atoms with Crippen molar-refractivity contribution < 1.29 is 37.6 Å². The van der Waals surface area contributed by atoms with Gasteiger partial charge in [0.2, 0.25) is 0 Å². The molecule has 0 radical (unpaired) electrons. The minimum Gasteiger partial charge on any atom is -0.462 e. The summed E-state index contributed by atoms with van der Waals surface area (Å²) in [4.78, 5) is 37.0. The maximum atomic E-state index is 12.6. The lowest BCUT2D eigenvalue weighted by Gasteiger charge is -2.20. The van der Waals surface area contributed by atoms with Crippen LogP contribution in [-0.4, -0.2) is 68.3 Å². The van der Waals surface area contributed by atoms with E-state index in [0.29, 0.717) is 25.8 Å². The molecule has 10 heteroatoms. The van der Waals surface area contributed by atoms with Crippen molar-refractivity contribution in [3.63, 3.8) is 0 Å². The zero-order valence-electron chi connectivity index (χ0n) is 37.4. The van der Waals surface area contributed by atoms with Crippen molar-refractivity contribution in [2.24, 2.45) is 0 Å². The van der Waals surface area contributed by atoms with E-state index < -0.39 is 32.5 Å². The van der Waals surface area contributed by atoms with Crippen molar-refractivity contribution in [2.45, 2.75) is 161 Å². The number of unbranched alkanes of at least 4 members (excludes halogenated alkanes) is 10. The molecule has 0 fully saturated rings. The molecular formula is C49H82NO8P. The molecule has 0 aliphatic heterocycles. The van der Waals surface area contributed by atoms with Crippen LogP contribution in [0.5, 0.6) is 0 Å². The fraction of sp³-hybridized carbons (Fsp3) is 0.633. The Bertz CT molecular complexity index is 1300. The molecule has 2 atom stereocenters. The second-order valence-electron chi connectivity index (χ2n) is 14.9. The maximum absolute atomic E-state index is 12.6. The zero-order valence-corrected chi connectivity index (χ0v) is 38.3. The molecule has 1 N–H and O–H groups in total. The summed E-state index contributed by atoms with van der Waals surface area (Å²) in [5, 5.41) is 0. The highest BCUT2D eigenvalue weighted by Crippen LogP contribution is 2.43. The Morgan fingerprint density at radius 3 is 1.37 bits per heavy atom. The highest BCUT2D eigenvalue weighted by Gasteiger charge is 2.26. The molecule has 0 bridgehead atoms. The van der Waals surface area contributed by atoms with Crippen molar-refractivity contribution in [2.75, 3.05) is 40.5 Å². The molecule has 0 saturated carbocycles. The fourth-order valence-corrected chi connectivity index (χ4v) is 6.11. The second-order valence-corrected chi connectivity index (χ2v) is 16.3. The van der Waals surface area contributed by atoms with Crippen LogP contribution in [0.2, 0.25) is 0 Å². The predicted octanol–water partition coefficient (Wildman–Crippen LogP) is 13.2. The van der Waals surface area contributed by atoms with Crippen molar-refractivity contribution in [3.8, 4) is 0 Å². The van der Waals surface area contributed by atoms with Gasteiger partial charge in [0.05, 0.1) is 13.2 Å². The van der Waals surface area contributed by atoms with E-state index in [1.165, 1.54) is 51.4 Å². The van der Waals surface area contributed by atoms with Gasteiger partial charge in [0.25, 0.3) is 0 Å². The first-order valence-corrected chi connectivity index (χ1v) is 24.0. The Kier molecular flexibility index (Phi) is 40.8. The number of carbonyl (C=O) groups is 2. The summed E-state index contributed by atoms with van der Waals surface area (Å²) < 4.78 is 33.4.